The van der Waals surface area contributed by atoms with Crippen molar-refractivity contribution < 1.29 is 15.0 Å². The Balaban J connectivity index is 0. The van der Waals surface area contributed by atoms with Crippen LogP contribution in [0.3, 0.4) is 0 Å². The first kappa shape index (κ1) is 12.4. The number of thioether (sulfide) groups is 1. The molecule has 0 aromatic carbocycles. The molecule has 0 fully saturated rings. The lowest BCUT2D eigenvalue weighted by Crippen LogP contribution is -2.19. The first-order valence-electron chi connectivity index (χ1n) is 2.58. The molecule has 5 heteroatoms. The van der Waals surface area contributed by atoms with Gasteiger partial charge in [0.15, 0.2) is 6.10 Å². The Bertz CT molecular complexity index is 98.9. The minimum absolute atomic E-state index is 0. The number of aliphatic carboxylic acids is 1. The lowest BCUT2D eigenvalue weighted by atomic mass is 10.3. The number of carboxylic acid groups (broad SMARTS) is 1. The summed E-state index contributed by atoms with van der Waals surface area (Å²) in [4.78, 5) is 9.95. The molecule has 0 aliphatic rings. The molecule has 0 heterocycles. The van der Waals surface area contributed by atoms with Gasteiger partial charge in [0.25, 0.3) is 0 Å². The number of carbonyl (C=O) groups is 1. The molecule has 0 aromatic rings. The van der Waals surface area contributed by atoms with Crippen molar-refractivity contribution in [1.29, 1.82) is 0 Å². The van der Waals surface area contributed by atoms with Crippen LogP contribution >= 0.6 is 11.8 Å². The third-order valence-electron chi connectivity index (χ3n) is 0.880. The maximum absolute atomic E-state index is 9.95. The van der Waals surface area contributed by atoms with Gasteiger partial charge < -0.3 is 16.4 Å². The van der Waals surface area contributed by atoms with E-state index < -0.39 is 12.1 Å². The fourth-order valence-corrected chi connectivity index (χ4v) is 0.812. The van der Waals surface area contributed by atoms with E-state index >= 15 is 0 Å². The summed E-state index contributed by atoms with van der Waals surface area (Å²) in [5.74, 6) is -0.447. The minimum Gasteiger partial charge on any atom is -0.479 e. The van der Waals surface area contributed by atoms with E-state index in [1.807, 2.05) is 6.26 Å². The topological polar surface area (TPSA) is 92.5 Å². The quantitative estimate of drug-likeness (QED) is 0.561. The van der Waals surface area contributed by atoms with Gasteiger partial charge in [-0.2, -0.15) is 11.8 Å². The van der Waals surface area contributed by atoms with Crippen LogP contribution in [-0.4, -0.2) is 34.3 Å². The molecule has 0 saturated heterocycles. The van der Waals surface area contributed by atoms with Gasteiger partial charge in [0.05, 0.1) is 0 Å². The number of rotatable bonds is 4. The molecule has 0 unspecified atom stereocenters. The summed E-state index contributed by atoms with van der Waals surface area (Å²) >= 11 is 1.52. The van der Waals surface area contributed by atoms with E-state index in [2.05, 4.69) is 0 Å². The zero-order valence-corrected chi connectivity index (χ0v) is 6.73. The second-order valence-corrected chi connectivity index (χ2v) is 2.62. The maximum Gasteiger partial charge on any atom is 0.332 e. The van der Waals surface area contributed by atoms with Crippen LogP contribution in [0.4, 0.5) is 0 Å². The molecular formula is C5H13NO3S. The first-order valence-corrected chi connectivity index (χ1v) is 3.97. The highest BCUT2D eigenvalue weighted by atomic mass is 32.2. The van der Waals surface area contributed by atoms with Gasteiger partial charge >= 0.3 is 5.97 Å². The zero-order chi connectivity index (χ0) is 7.28. The molecule has 5 N–H and O–H groups in total. The molecule has 0 aromatic heterocycles. The highest BCUT2D eigenvalue weighted by Crippen LogP contribution is 1.99. The van der Waals surface area contributed by atoms with E-state index in [4.69, 9.17) is 10.2 Å². The normalized spacial score (nSPS) is 11.8. The second-order valence-electron chi connectivity index (χ2n) is 1.64. The summed E-state index contributed by atoms with van der Waals surface area (Å²) in [6.07, 6.45) is 1.02. The Kier molecular flexibility index (Phi) is 8.51. The van der Waals surface area contributed by atoms with E-state index in [9.17, 15) is 4.79 Å². The number of aliphatic hydroxyl groups is 1. The molecule has 0 spiro atoms. The van der Waals surface area contributed by atoms with Gasteiger partial charge in [0, 0.05) is 0 Å². The van der Waals surface area contributed by atoms with Crippen molar-refractivity contribution in [2.75, 3.05) is 12.0 Å². The summed E-state index contributed by atoms with van der Waals surface area (Å²) in [6, 6.07) is 0. The van der Waals surface area contributed by atoms with Crippen LogP contribution in [-0.2, 0) is 4.79 Å². The van der Waals surface area contributed by atoms with Gasteiger partial charge in [-0.25, -0.2) is 4.79 Å². The van der Waals surface area contributed by atoms with Crippen molar-refractivity contribution in [3.8, 4) is 0 Å². The molecule has 0 aliphatic carbocycles. The van der Waals surface area contributed by atoms with Crippen LogP contribution in [0.2, 0.25) is 0 Å². The molecule has 0 aliphatic heterocycles. The standard InChI is InChI=1S/C5H10O3S.H3N/c1-9-3-2-4(6)5(7)8;/h4,6H,2-3H2,1H3,(H,7,8);1H3/t4-;/m0./s1. The smallest absolute Gasteiger partial charge is 0.332 e. The van der Waals surface area contributed by atoms with Gasteiger partial charge in [-0.05, 0) is 18.4 Å². The highest BCUT2D eigenvalue weighted by molar-refractivity contribution is 7.98. The van der Waals surface area contributed by atoms with Crippen LogP contribution in [0.15, 0.2) is 0 Å². The SMILES string of the molecule is CSCC[C@H](O)C(=O)O.N. The molecule has 0 saturated carbocycles. The van der Waals surface area contributed by atoms with Crippen molar-refractivity contribution in [1.82, 2.24) is 6.15 Å². The Morgan fingerprint density at radius 1 is 1.70 bits per heavy atom. The lowest BCUT2D eigenvalue weighted by molar-refractivity contribution is -0.146. The minimum atomic E-state index is -1.18. The highest BCUT2D eigenvalue weighted by Gasteiger charge is 2.10. The van der Waals surface area contributed by atoms with Crippen molar-refractivity contribution in [2.24, 2.45) is 0 Å². The lowest BCUT2D eigenvalue weighted by Gasteiger charge is -2.01. The third kappa shape index (κ3) is 5.87. The van der Waals surface area contributed by atoms with Crippen molar-refractivity contribution in [3.63, 3.8) is 0 Å². The number of hydrogen-bond donors (Lipinski definition) is 3. The van der Waals surface area contributed by atoms with Crippen LogP contribution in [0.5, 0.6) is 0 Å². The van der Waals surface area contributed by atoms with Crippen LogP contribution in [0, 0.1) is 0 Å². The number of aliphatic hydroxyl groups excluding tert-OH is 1. The van der Waals surface area contributed by atoms with E-state index in [0.29, 0.717) is 12.2 Å². The van der Waals surface area contributed by atoms with E-state index in [1.54, 1.807) is 0 Å². The largest absolute Gasteiger partial charge is 0.479 e. The Morgan fingerprint density at radius 3 is 2.50 bits per heavy atom. The first-order chi connectivity index (χ1) is 4.18. The van der Waals surface area contributed by atoms with E-state index in [0.717, 1.165) is 0 Å². The monoisotopic (exact) mass is 167 g/mol. The Morgan fingerprint density at radius 2 is 2.20 bits per heavy atom. The molecule has 0 radical (unpaired) electrons. The van der Waals surface area contributed by atoms with Gasteiger partial charge in [-0.1, -0.05) is 0 Å². The molecule has 0 bridgehead atoms. The van der Waals surface area contributed by atoms with Crippen LogP contribution in [0.25, 0.3) is 0 Å². The predicted octanol–water partition coefficient (Wildman–Crippen LogP) is 0.347. The Hall–Kier alpha value is -0.260. The fourth-order valence-electron chi connectivity index (χ4n) is 0.353. The van der Waals surface area contributed by atoms with Crippen LogP contribution < -0.4 is 6.15 Å². The molecule has 4 nitrogen and oxygen atoms in total. The molecular weight excluding hydrogens is 154 g/mol. The van der Waals surface area contributed by atoms with Gasteiger partial charge in [-0.15, -0.1) is 0 Å². The third-order valence-corrected chi connectivity index (χ3v) is 1.52. The van der Waals surface area contributed by atoms with Gasteiger partial charge in [-0.3, -0.25) is 0 Å². The number of carboxylic acids is 1. The molecule has 1 atom stereocenters. The van der Waals surface area contributed by atoms with Gasteiger partial charge in [0.2, 0.25) is 0 Å². The summed E-state index contributed by atoms with van der Waals surface area (Å²) in [6.45, 7) is 0. The molecule has 0 rings (SSSR count). The van der Waals surface area contributed by atoms with Gasteiger partial charge in [0.1, 0.15) is 0 Å². The summed E-state index contributed by atoms with van der Waals surface area (Å²) in [5, 5.41) is 16.8. The second kappa shape index (κ2) is 6.85. The summed E-state index contributed by atoms with van der Waals surface area (Å²) < 4.78 is 0. The average Bonchev–Trinajstić information content (AvgIpc) is 1.82. The van der Waals surface area contributed by atoms with Crippen molar-refractivity contribution in [3.05, 3.63) is 0 Å². The van der Waals surface area contributed by atoms with Crippen molar-refractivity contribution in [2.45, 2.75) is 12.5 Å². The maximum atomic E-state index is 9.95. The van der Waals surface area contributed by atoms with E-state index in [1.165, 1.54) is 11.8 Å². The summed E-state index contributed by atoms with van der Waals surface area (Å²) in [5.41, 5.74) is 0. The molecule has 0 amide bonds. The summed E-state index contributed by atoms with van der Waals surface area (Å²) in [7, 11) is 0. The number of hydrogen-bond acceptors (Lipinski definition) is 4. The Labute approximate surface area is 64.2 Å². The van der Waals surface area contributed by atoms with E-state index in [-0.39, 0.29) is 6.15 Å². The molecule has 10 heavy (non-hydrogen) atoms. The predicted molar refractivity (Wildman–Crippen MR) is 41.7 cm³/mol. The van der Waals surface area contributed by atoms with Crippen LogP contribution in [0.1, 0.15) is 6.42 Å². The molecule has 62 valence electrons. The zero-order valence-electron chi connectivity index (χ0n) is 5.91. The van der Waals surface area contributed by atoms with Crippen molar-refractivity contribution >= 4 is 17.7 Å². The fraction of sp³-hybridized carbons (Fsp3) is 0.800. The average molecular weight is 167 g/mol.